The standard InChI is InChI=1S/C4H7BF2O3/c6-4(7)2-1-3-10-5(8)9/h4H,1-3H2/q-2. The Labute approximate surface area is 57.8 Å². The molecule has 0 saturated carbocycles. The van der Waals surface area contributed by atoms with Crippen LogP contribution in [-0.4, -0.2) is 20.4 Å². The maximum atomic E-state index is 11.3. The Hall–Kier alpha value is -0.195. The summed E-state index contributed by atoms with van der Waals surface area (Å²) in [6, 6.07) is 0. The lowest BCUT2D eigenvalue weighted by atomic mass is 10.2. The first kappa shape index (κ1) is 9.80. The summed E-state index contributed by atoms with van der Waals surface area (Å²) in [4.78, 5) is 0. The minimum absolute atomic E-state index is 0.0542. The summed E-state index contributed by atoms with van der Waals surface area (Å²) in [6.07, 6.45) is -2.66. The summed E-state index contributed by atoms with van der Waals surface area (Å²) >= 11 is 0. The van der Waals surface area contributed by atoms with Gasteiger partial charge in [-0.1, -0.05) is 0 Å². The first-order valence-corrected chi connectivity index (χ1v) is 2.84. The maximum absolute atomic E-state index is 11.3. The van der Waals surface area contributed by atoms with Gasteiger partial charge < -0.3 is 14.7 Å². The van der Waals surface area contributed by atoms with E-state index in [1.54, 1.807) is 0 Å². The Morgan fingerprint density at radius 3 is 2.40 bits per heavy atom. The van der Waals surface area contributed by atoms with E-state index in [0.29, 0.717) is 0 Å². The molecule has 0 amide bonds. The van der Waals surface area contributed by atoms with Gasteiger partial charge in [-0.25, -0.2) is 8.78 Å². The summed E-state index contributed by atoms with van der Waals surface area (Å²) in [5, 5.41) is 19.2. The van der Waals surface area contributed by atoms with Crippen molar-refractivity contribution in [1.29, 1.82) is 0 Å². The topological polar surface area (TPSA) is 55.3 Å². The van der Waals surface area contributed by atoms with Crippen molar-refractivity contribution in [2.24, 2.45) is 0 Å². The van der Waals surface area contributed by atoms with E-state index < -0.39 is 13.7 Å². The van der Waals surface area contributed by atoms with Gasteiger partial charge in [0.25, 0.3) is 0 Å². The quantitative estimate of drug-likeness (QED) is 0.365. The van der Waals surface area contributed by atoms with Crippen LogP contribution < -0.4 is 10.0 Å². The molecule has 0 rings (SSSR count). The molecule has 0 spiro atoms. The molecule has 0 N–H and O–H groups in total. The molecule has 0 bridgehead atoms. The van der Waals surface area contributed by atoms with Crippen molar-refractivity contribution in [2.45, 2.75) is 19.3 Å². The number of rotatable bonds is 5. The monoisotopic (exact) mass is 152 g/mol. The predicted molar refractivity (Wildman–Crippen MR) is 26.9 cm³/mol. The van der Waals surface area contributed by atoms with E-state index in [4.69, 9.17) is 0 Å². The summed E-state index contributed by atoms with van der Waals surface area (Å²) < 4.78 is 26.6. The highest BCUT2D eigenvalue weighted by atomic mass is 19.3. The van der Waals surface area contributed by atoms with Crippen molar-refractivity contribution < 1.29 is 23.5 Å². The molecule has 0 heterocycles. The minimum atomic E-state index is -2.39. The lowest BCUT2D eigenvalue weighted by molar-refractivity contribution is -0.381. The third-order valence-electron chi connectivity index (χ3n) is 0.821. The van der Waals surface area contributed by atoms with Crippen LogP contribution in [-0.2, 0) is 4.65 Å². The molecular weight excluding hydrogens is 145 g/mol. The van der Waals surface area contributed by atoms with Gasteiger partial charge in [-0.3, -0.25) is 0 Å². The van der Waals surface area contributed by atoms with E-state index in [2.05, 4.69) is 4.65 Å². The average Bonchev–Trinajstić information content (AvgIpc) is 1.79. The van der Waals surface area contributed by atoms with E-state index in [1.165, 1.54) is 0 Å². The van der Waals surface area contributed by atoms with E-state index in [0.717, 1.165) is 0 Å². The van der Waals surface area contributed by atoms with Crippen molar-refractivity contribution in [3.8, 4) is 0 Å². The molecule has 3 nitrogen and oxygen atoms in total. The highest BCUT2D eigenvalue weighted by Gasteiger charge is 1.99. The summed E-state index contributed by atoms with van der Waals surface area (Å²) in [7, 11) is -2.35. The van der Waals surface area contributed by atoms with Gasteiger partial charge in [-0.05, 0) is 6.42 Å². The van der Waals surface area contributed by atoms with Crippen LogP contribution in [0.25, 0.3) is 0 Å². The second kappa shape index (κ2) is 5.58. The molecule has 0 aromatic carbocycles. The Balaban J connectivity index is 2.91. The molecule has 0 unspecified atom stereocenters. The fourth-order valence-electron chi connectivity index (χ4n) is 0.417. The highest BCUT2D eigenvalue weighted by Crippen LogP contribution is 2.01. The summed E-state index contributed by atoms with van der Waals surface area (Å²) in [6.45, 7) is -0.179. The molecule has 0 aliphatic heterocycles. The van der Waals surface area contributed by atoms with Crippen LogP contribution in [0.4, 0.5) is 8.78 Å². The molecule has 0 aliphatic carbocycles. The van der Waals surface area contributed by atoms with Gasteiger partial charge in [0.2, 0.25) is 6.43 Å². The molecule has 60 valence electrons. The molecule has 0 aromatic rings. The Morgan fingerprint density at radius 1 is 1.40 bits per heavy atom. The van der Waals surface area contributed by atoms with Crippen molar-refractivity contribution in [1.82, 2.24) is 0 Å². The van der Waals surface area contributed by atoms with Crippen LogP contribution in [0.2, 0.25) is 0 Å². The third kappa shape index (κ3) is 7.80. The molecule has 0 aliphatic rings. The predicted octanol–water partition coefficient (Wildman–Crippen LogP) is -1.25. The van der Waals surface area contributed by atoms with E-state index >= 15 is 0 Å². The molecular formula is C4H7BF2O3-2. The van der Waals surface area contributed by atoms with Crippen LogP contribution in [0.15, 0.2) is 0 Å². The van der Waals surface area contributed by atoms with Crippen molar-refractivity contribution >= 4 is 7.32 Å². The smallest absolute Gasteiger partial charge is 0.238 e. The highest BCUT2D eigenvalue weighted by molar-refractivity contribution is 6.28. The minimum Gasteiger partial charge on any atom is -0.871 e. The van der Waals surface area contributed by atoms with Crippen LogP contribution >= 0.6 is 0 Å². The fourth-order valence-corrected chi connectivity index (χ4v) is 0.417. The lowest BCUT2D eigenvalue weighted by Crippen LogP contribution is -2.47. The molecule has 0 aromatic heterocycles. The molecule has 10 heavy (non-hydrogen) atoms. The lowest BCUT2D eigenvalue weighted by Gasteiger charge is -2.25. The van der Waals surface area contributed by atoms with Gasteiger partial charge in [0.05, 0.1) is 7.32 Å². The average molecular weight is 152 g/mol. The van der Waals surface area contributed by atoms with Crippen molar-refractivity contribution in [2.75, 3.05) is 6.61 Å². The Kier molecular flexibility index (Phi) is 5.47. The molecule has 0 atom stereocenters. The zero-order valence-corrected chi connectivity index (χ0v) is 5.26. The molecule has 0 saturated heterocycles. The maximum Gasteiger partial charge on any atom is 0.238 e. The van der Waals surface area contributed by atoms with E-state index in [1.807, 2.05) is 0 Å². The second-order valence-electron chi connectivity index (χ2n) is 1.69. The summed E-state index contributed by atoms with van der Waals surface area (Å²) in [5.74, 6) is 0. The second-order valence-corrected chi connectivity index (χ2v) is 1.69. The van der Waals surface area contributed by atoms with E-state index in [-0.39, 0.29) is 19.4 Å². The van der Waals surface area contributed by atoms with Gasteiger partial charge in [0, 0.05) is 13.0 Å². The first-order chi connectivity index (χ1) is 4.63. The number of halogens is 2. The van der Waals surface area contributed by atoms with Crippen LogP contribution in [0, 0.1) is 0 Å². The Bertz CT molecular complexity index is 70.9. The number of alkyl halides is 2. The largest absolute Gasteiger partial charge is 0.871 e. The van der Waals surface area contributed by atoms with Gasteiger partial charge in [0.15, 0.2) is 0 Å². The third-order valence-corrected chi connectivity index (χ3v) is 0.821. The first-order valence-electron chi connectivity index (χ1n) is 2.84. The summed E-state index contributed by atoms with van der Waals surface area (Å²) in [5.41, 5.74) is 0. The van der Waals surface area contributed by atoms with Crippen LogP contribution in [0.3, 0.4) is 0 Å². The van der Waals surface area contributed by atoms with Crippen molar-refractivity contribution in [3.05, 3.63) is 0 Å². The molecule has 0 fully saturated rings. The fraction of sp³-hybridized carbons (Fsp3) is 1.00. The van der Waals surface area contributed by atoms with Crippen LogP contribution in [0.5, 0.6) is 0 Å². The number of hydrogen-bond donors (Lipinski definition) is 0. The van der Waals surface area contributed by atoms with Crippen LogP contribution in [0.1, 0.15) is 12.8 Å². The van der Waals surface area contributed by atoms with Gasteiger partial charge in [0.1, 0.15) is 0 Å². The van der Waals surface area contributed by atoms with Gasteiger partial charge >= 0.3 is 0 Å². The molecule has 0 radical (unpaired) electrons. The van der Waals surface area contributed by atoms with Crippen molar-refractivity contribution in [3.63, 3.8) is 0 Å². The van der Waals surface area contributed by atoms with E-state index in [9.17, 15) is 18.8 Å². The van der Waals surface area contributed by atoms with Gasteiger partial charge in [-0.15, -0.1) is 0 Å². The van der Waals surface area contributed by atoms with Gasteiger partial charge in [-0.2, -0.15) is 0 Å². The SMILES string of the molecule is [O-]B([O-])OCCCC(F)F. The zero-order chi connectivity index (χ0) is 7.98. The Morgan fingerprint density at radius 2 is 2.00 bits per heavy atom. The normalized spacial score (nSPS) is 10.5. The zero-order valence-electron chi connectivity index (χ0n) is 5.26. The molecule has 6 heteroatoms. The number of hydrogen-bond acceptors (Lipinski definition) is 3.